The normalized spacial score (nSPS) is 11.6. The topological polar surface area (TPSA) is 174 Å². The fraction of sp³-hybridized carbons (Fsp3) is 0.258. The van der Waals surface area contributed by atoms with Gasteiger partial charge in [0, 0.05) is 26.2 Å². The molecule has 4 N–H and O–H groups in total. The van der Waals surface area contributed by atoms with E-state index in [0.29, 0.717) is 59.8 Å². The number of nitrogens with one attached hydrogen (secondary N) is 3. The number of nitrogens with zero attached hydrogens (tertiary/aromatic N) is 1. The summed E-state index contributed by atoms with van der Waals surface area (Å²) >= 11 is 0. The maximum atomic E-state index is 14.3. The van der Waals surface area contributed by atoms with E-state index in [1.165, 1.54) is 6.92 Å². The molecule has 394 valence electrons. The predicted octanol–water partition coefficient (Wildman–Crippen LogP) is 10.2. The van der Waals surface area contributed by atoms with Crippen LogP contribution in [0.2, 0.25) is 0 Å². The Balaban J connectivity index is 0.977. The molecule has 4 amide bonds. The lowest BCUT2D eigenvalue weighted by Gasteiger charge is -2.29. The number of ether oxygens (including phenoxy) is 5. The minimum atomic E-state index is -1.31. The molecule has 76 heavy (non-hydrogen) atoms. The van der Waals surface area contributed by atoms with Crippen LogP contribution in [0.5, 0.6) is 23.0 Å². The molecule has 0 saturated carbocycles. The van der Waals surface area contributed by atoms with Crippen molar-refractivity contribution in [2.45, 2.75) is 77.8 Å². The van der Waals surface area contributed by atoms with Crippen LogP contribution in [0.1, 0.15) is 81.1 Å². The van der Waals surface area contributed by atoms with Crippen molar-refractivity contribution in [3.63, 3.8) is 0 Å². The number of para-hydroxylation sites is 2. The fourth-order valence-electron chi connectivity index (χ4n) is 8.10. The lowest BCUT2D eigenvalue weighted by Crippen LogP contribution is -2.54. The summed E-state index contributed by atoms with van der Waals surface area (Å²) < 4.78 is 30.4. The summed E-state index contributed by atoms with van der Waals surface area (Å²) in [5, 5.41) is 19.4. The summed E-state index contributed by atoms with van der Waals surface area (Å²) in [5.74, 6) is 0.313. The largest absolute Gasteiger partial charge is 0.485 e. The molecule has 7 aromatic rings. The molecule has 0 aliphatic rings. The van der Waals surface area contributed by atoms with Crippen LogP contribution in [0, 0.1) is 0 Å². The van der Waals surface area contributed by atoms with Crippen molar-refractivity contribution in [1.29, 1.82) is 0 Å². The van der Waals surface area contributed by atoms with Crippen LogP contribution in [-0.4, -0.2) is 72.1 Å². The van der Waals surface area contributed by atoms with Gasteiger partial charge in [0.05, 0.1) is 17.2 Å². The zero-order valence-corrected chi connectivity index (χ0v) is 42.8. The molecular formula is C62H66N4O10. The Bertz CT molecular complexity index is 2720. The molecule has 7 aromatic carbocycles. The number of amides is 4. The second-order valence-corrected chi connectivity index (χ2v) is 18.0. The van der Waals surface area contributed by atoms with Gasteiger partial charge in [-0.1, -0.05) is 164 Å². The molecule has 14 heteroatoms. The van der Waals surface area contributed by atoms with Gasteiger partial charge in [-0.05, 0) is 84.7 Å². The minimum Gasteiger partial charge on any atom is -0.485 e. The van der Waals surface area contributed by atoms with Gasteiger partial charge in [-0.25, -0.2) is 4.79 Å². The zero-order valence-electron chi connectivity index (χ0n) is 42.8. The van der Waals surface area contributed by atoms with Gasteiger partial charge in [0.2, 0.25) is 5.91 Å². The number of hydrogen-bond donors (Lipinski definition) is 4. The van der Waals surface area contributed by atoms with E-state index in [0.717, 1.165) is 27.8 Å². The second kappa shape index (κ2) is 29.9. The molecule has 0 unspecified atom stereocenters. The minimum absolute atomic E-state index is 0.0220. The number of alkyl carbamates (subject to hydrolysis) is 1. The lowest BCUT2D eigenvalue weighted by molar-refractivity contribution is -0.136. The quantitative estimate of drug-likeness (QED) is 0.0331. The van der Waals surface area contributed by atoms with Crippen molar-refractivity contribution in [1.82, 2.24) is 20.9 Å². The van der Waals surface area contributed by atoms with Crippen LogP contribution in [0.25, 0.3) is 0 Å². The molecule has 0 radical (unpaired) electrons. The van der Waals surface area contributed by atoms with Crippen LogP contribution in [0.3, 0.4) is 0 Å². The lowest BCUT2D eigenvalue weighted by atomic mass is 10.1. The summed E-state index contributed by atoms with van der Waals surface area (Å²) in [6, 6.07) is 57.0. The van der Waals surface area contributed by atoms with Crippen molar-refractivity contribution in [2.75, 3.05) is 26.2 Å². The van der Waals surface area contributed by atoms with Crippen molar-refractivity contribution in [3.8, 4) is 23.0 Å². The predicted molar refractivity (Wildman–Crippen MR) is 291 cm³/mol. The van der Waals surface area contributed by atoms with Gasteiger partial charge in [0.15, 0.2) is 23.0 Å². The second-order valence-electron chi connectivity index (χ2n) is 18.0. The number of unbranched alkanes of at least 4 members (excludes halogenated alkanes) is 2. The van der Waals surface area contributed by atoms with Crippen LogP contribution in [0.15, 0.2) is 188 Å². The van der Waals surface area contributed by atoms with Crippen LogP contribution >= 0.6 is 0 Å². The molecule has 0 heterocycles. The van der Waals surface area contributed by atoms with Gasteiger partial charge < -0.3 is 49.6 Å². The highest BCUT2D eigenvalue weighted by atomic mass is 16.5. The summed E-state index contributed by atoms with van der Waals surface area (Å²) in [5.41, 5.74) is 5.18. The molecule has 0 aliphatic carbocycles. The highest BCUT2D eigenvalue weighted by Gasteiger charge is 2.30. The zero-order chi connectivity index (χ0) is 53.2. The van der Waals surface area contributed by atoms with Gasteiger partial charge >= 0.3 is 6.09 Å². The molecule has 0 aromatic heterocycles. The van der Waals surface area contributed by atoms with E-state index in [1.54, 1.807) is 41.3 Å². The van der Waals surface area contributed by atoms with E-state index in [1.807, 2.05) is 152 Å². The summed E-state index contributed by atoms with van der Waals surface area (Å²) in [6.45, 7) is 3.47. The SMILES string of the molecule is C[C@@H](O)[C@H](NC(=O)OCc1ccccc1)C(=O)N(CCCCNC(=O)c1cccc(OCc2ccccc2)c1OCc1ccccc1)CCCCNC(=O)c1cccc(OCc2ccccc2)c1OCc1ccccc1. The van der Waals surface area contributed by atoms with Gasteiger partial charge in [0.25, 0.3) is 11.8 Å². The highest BCUT2D eigenvalue weighted by molar-refractivity contribution is 5.98. The van der Waals surface area contributed by atoms with E-state index in [-0.39, 0.29) is 71.0 Å². The number of rotatable bonds is 29. The van der Waals surface area contributed by atoms with E-state index in [9.17, 15) is 24.3 Å². The van der Waals surface area contributed by atoms with Gasteiger partial charge in [-0.2, -0.15) is 0 Å². The maximum Gasteiger partial charge on any atom is 0.408 e. The number of hydrogen-bond acceptors (Lipinski definition) is 10. The Morgan fingerprint density at radius 2 is 0.803 bits per heavy atom. The number of benzene rings is 7. The first-order chi connectivity index (χ1) is 37.2. The number of aliphatic hydroxyl groups is 1. The van der Waals surface area contributed by atoms with Crippen LogP contribution in [0.4, 0.5) is 4.79 Å². The first kappa shape index (κ1) is 55.1. The Morgan fingerprint density at radius 1 is 0.447 bits per heavy atom. The monoisotopic (exact) mass is 1030 g/mol. The number of carbonyl (C=O) groups is 4. The van der Waals surface area contributed by atoms with Crippen molar-refractivity contribution in [3.05, 3.63) is 227 Å². The average molecular weight is 1030 g/mol. The Morgan fingerprint density at radius 3 is 1.17 bits per heavy atom. The third-order valence-corrected chi connectivity index (χ3v) is 12.2. The summed E-state index contributed by atoms with van der Waals surface area (Å²) in [4.78, 5) is 56.5. The van der Waals surface area contributed by atoms with Gasteiger partial charge in [-0.3, -0.25) is 14.4 Å². The van der Waals surface area contributed by atoms with Crippen LogP contribution in [-0.2, 0) is 42.6 Å². The summed E-state index contributed by atoms with van der Waals surface area (Å²) in [7, 11) is 0. The molecular weight excluding hydrogens is 961 g/mol. The first-order valence-corrected chi connectivity index (χ1v) is 25.6. The van der Waals surface area contributed by atoms with Gasteiger partial charge in [0.1, 0.15) is 39.1 Å². The smallest absolute Gasteiger partial charge is 0.408 e. The van der Waals surface area contributed by atoms with Crippen molar-refractivity contribution >= 4 is 23.8 Å². The third-order valence-electron chi connectivity index (χ3n) is 12.2. The van der Waals surface area contributed by atoms with Crippen LogP contribution < -0.4 is 34.9 Å². The van der Waals surface area contributed by atoms with E-state index >= 15 is 0 Å². The standard InChI is InChI=1S/C62H66N4O10/c1-46(67)56(65-62(71)76-45-51-31-15-6-16-32-51)61(70)66(39-19-17-37-63-59(68)52-33-21-35-54(72-41-47-23-7-2-8-24-47)57(52)74-43-49-27-11-4-12-28-49)40-20-18-38-64-60(69)53-34-22-36-55(73-42-48-25-9-3-10-26-48)58(53)75-44-50-29-13-5-14-30-50/h2-16,21-36,46,56,67H,17-20,37-45H2,1H3,(H,63,68)(H,64,69)(H,65,71)/t46-,56+/m1/s1. The molecule has 0 bridgehead atoms. The molecule has 0 fully saturated rings. The number of aliphatic hydroxyl groups excluding tert-OH is 1. The molecule has 0 aliphatic heterocycles. The third kappa shape index (κ3) is 17.5. The first-order valence-electron chi connectivity index (χ1n) is 25.6. The molecule has 0 spiro atoms. The Labute approximate surface area is 444 Å². The van der Waals surface area contributed by atoms with E-state index in [4.69, 9.17) is 23.7 Å². The molecule has 7 rings (SSSR count). The molecule has 14 nitrogen and oxygen atoms in total. The van der Waals surface area contributed by atoms with E-state index in [2.05, 4.69) is 16.0 Å². The van der Waals surface area contributed by atoms with Gasteiger partial charge in [-0.15, -0.1) is 0 Å². The Kier molecular flexibility index (Phi) is 21.7. The molecule has 2 atom stereocenters. The maximum absolute atomic E-state index is 14.3. The number of carbonyl (C=O) groups excluding carboxylic acids is 4. The van der Waals surface area contributed by atoms with E-state index < -0.39 is 24.1 Å². The fourth-order valence-corrected chi connectivity index (χ4v) is 8.10. The average Bonchev–Trinajstić information content (AvgIpc) is 3.46. The van der Waals surface area contributed by atoms with Crippen molar-refractivity contribution in [2.24, 2.45) is 0 Å². The molecule has 0 saturated heterocycles. The summed E-state index contributed by atoms with van der Waals surface area (Å²) in [6.07, 6.45) is -0.180. The Hall–Kier alpha value is -8.62. The highest BCUT2D eigenvalue weighted by Crippen LogP contribution is 2.34. The van der Waals surface area contributed by atoms with Crippen molar-refractivity contribution < 1.29 is 48.0 Å².